The Bertz CT molecular complexity index is 462. The number of aryl methyl sites for hydroxylation is 1. The van der Waals surface area contributed by atoms with Gasteiger partial charge in [0.15, 0.2) is 0 Å². The minimum atomic E-state index is -1.02. The highest BCUT2D eigenvalue weighted by Gasteiger charge is 2.09. The van der Waals surface area contributed by atoms with Crippen molar-refractivity contribution < 1.29 is 19.4 Å². The molecule has 0 aliphatic rings. The third kappa shape index (κ3) is 5.32. The summed E-state index contributed by atoms with van der Waals surface area (Å²) in [5.41, 5.74) is 1.53. The van der Waals surface area contributed by atoms with E-state index in [9.17, 15) is 9.59 Å². The van der Waals surface area contributed by atoms with Gasteiger partial charge in [-0.25, -0.2) is 4.79 Å². The van der Waals surface area contributed by atoms with E-state index in [1.54, 1.807) is 11.8 Å². The predicted molar refractivity (Wildman–Crippen MR) is 73.7 cm³/mol. The smallest absolute Gasteiger partial charge is 0.329 e. The van der Waals surface area contributed by atoms with Crippen LogP contribution in [0.15, 0.2) is 23.1 Å². The fraction of sp³-hybridized carbons (Fsp3) is 0.385. The van der Waals surface area contributed by atoms with E-state index in [0.717, 1.165) is 10.5 Å². The molecule has 1 amide bonds. The number of ether oxygens (including phenoxy) is 1. The molecule has 0 aliphatic heterocycles. The molecule has 0 spiro atoms. The van der Waals surface area contributed by atoms with Gasteiger partial charge in [0, 0.05) is 17.0 Å². The highest BCUT2D eigenvalue weighted by molar-refractivity contribution is 7.98. The highest BCUT2D eigenvalue weighted by atomic mass is 32.2. The van der Waals surface area contributed by atoms with Crippen molar-refractivity contribution in [1.29, 1.82) is 0 Å². The first kappa shape index (κ1) is 15.5. The fourth-order valence-electron chi connectivity index (χ4n) is 1.46. The van der Waals surface area contributed by atoms with Crippen LogP contribution in [0.1, 0.15) is 15.9 Å². The second kappa shape index (κ2) is 7.81. The van der Waals surface area contributed by atoms with Crippen molar-refractivity contribution in [2.24, 2.45) is 0 Å². The van der Waals surface area contributed by atoms with Crippen LogP contribution in [0.25, 0.3) is 0 Å². The predicted octanol–water partition coefficient (Wildman–Crippen LogP) is 1.55. The molecule has 1 aromatic carbocycles. The van der Waals surface area contributed by atoms with E-state index in [4.69, 9.17) is 9.84 Å². The van der Waals surface area contributed by atoms with Crippen LogP contribution in [0, 0.1) is 6.92 Å². The lowest BCUT2D eigenvalue weighted by atomic mass is 10.1. The van der Waals surface area contributed by atoms with Gasteiger partial charge in [-0.05, 0) is 30.9 Å². The fourth-order valence-corrected chi connectivity index (χ4v) is 1.90. The molecule has 0 fully saturated rings. The lowest BCUT2D eigenvalue weighted by Gasteiger charge is -2.09. The summed E-state index contributed by atoms with van der Waals surface area (Å²) in [6, 6.07) is 5.71. The van der Waals surface area contributed by atoms with Gasteiger partial charge in [-0.15, -0.1) is 11.8 Å². The Kier molecular flexibility index (Phi) is 6.38. The van der Waals surface area contributed by atoms with Crippen LogP contribution in [0.3, 0.4) is 0 Å². The average molecular weight is 283 g/mol. The summed E-state index contributed by atoms with van der Waals surface area (Å²) in [6.07, 6.45) is 1.95. The molecule has 2 N–H and O–H groups in total. The SMILES string of the molecule is CSc1ccc(C)c(C(=O)NCCOCC(=O)O)c1. The maximum absolute atomic E-state index is 11.9. The van der Waals surface area contributed by atoms with Crippen LogP contribution in [-0.4, -0.2) is 43.0 Å². The normalized spacial score (nSPS) is 10.2. The Hall–Kier alpha value is -1.53. The molecular weight excluding hydrogens is 266 g/mol. The summed E-state index contributed by atoms with van der Waals surface area (Å²) >= 11 is 1.57. The molecule has 104 valence electrons. The number of thioether (sulfide) groups is 1. The van der Waals surface area contributed by atoms with Crippen LogP contribution in [0.2, 0.25) is 0 Å². The first-order chi connectivity index (χ1) is 9.04. The molecule has 5 nitrogen and oxygen atoms in total. The number of aliphatic carboxylic acids is 1. The maximum Gasteiger partial charge on any atom is 0.329 e. The van der Waals surface area contributed by atoms with Crippen LogP contribution in [0.4, 0.5) is 0 Å². The maximum atomic E-state index is 11.9. The molecule has 1 aromatic rings. The monoisotopic (exact) mass is 283 g/mol. The number of nitrogens with one attached hydrogen (secondary N) is 1. The molecular formula is C13H17NO4S. The second-order valence-corrected chi connectivity index (χ2v) is 4.76. The molecule has 6 heteroatoms. The summed E-state index contributed by atoms with van der Waals surface area (Å²) < 4.78 is 4.84. The van der Waals surface area contributed by atoms with E-state index in [2.05, 4.69) is 5.32 Å². The zero-order valence-electron chi connectivity index (χ0n) is 10.9. The second-order valence-electron chi connectivity index (χ2n) is 3.88. The summed E-state index contributed by atoms with van der Waals surface area (Å²) in [4.78, 5) is 23.2. The van der Waals surface area contributed by atoms with Crippen LogP contribution >= 0.6 is 11.8 Å². The van der Waals surface area contributed by atoms with E-state index >= 15 is 0 Å². The van der Waals surface area contributed by atoms with Crippen molar-refractivity contribution >= 4 is 23.6 Å². The van der Waals surface area contributed by atoms with Gasteiger partial charge in [0.1, 0.15) is 6.61 Å². The number of hydrogen-bond donors (Lipinski definition) is 2. The topological polar surface area (TPSA) is 75.6 Å². The van der Waals surface area contributed by atoms with Crippen molar-refractivity contribution in [3.8, 4) is 0 Å². The molecule has 0 bridgehead atoms. The summed E-state index contributed by atoms with van der Waals surface area (Å²) in [6.45, 7) is 1.99. The number of benzene rings is 1. The van der Waals surface area contributed by atoms with E-state index in [1.165, 1.54) is 0 Å². The number of carboxylic acid groups (broad SMARTS) is 1. The summed E-state index contributed by atoms with van der Waals surface area (Å²) in [7, 11) is 0. The lowest BCUT2D eigenvalue weighted by molar-refractivity contribution is -0.142. The molecule has 0 unspecified atom stereocenters. The van der Waals surface area contributed by atoms with E-state index < -0.39 is 5.97 Å². The third-order valence-corrected chi connectivity index (χ3v) is 3.17. The first-order valence-corrected chi connectivity index (χ1v) is 6.99. The molecule has 19 heavy (non-hydrogen) atoms. The van der Waals surface area contributed by atoms with Crippen LogP contribution in [-0.2, 0) is 9.53 Å². The standard InChI is InChI=1S/C13H17NO4S/c1-9-3-4-10(19-2)7-11(9)13(17)14-5-6-18-8-12(15)16/h3-4,7H,5-6,8H2,1-2H3,(H,14,17)(H,15,16). The quantitative estimate of drug-likeness (QED) is 0.586. The molecule has 0 saturated carbocycles. The highest BCUT2D eigenvalue weighted by Crippen LogP contribution is 2.18. The van der Waals surface area contributed by atoms with Crippen molar-refractivity contribution in [2.75, 3.05) is 26.0 Å². The van der Waals surface area contributed by atoms with E-state index in [1.807, 2.05) is 31.4 Å². The Balaban J connectivity index is 2.47. The van der Waals surface area contributed by atoms with Gasteiger partial charge >= 0.3 is 5.97 Å². The Morgan fingerprint density at radius 2 is 2.16 bits per heavy atom. The lowest BCUT2D eigenvalue weighted by Crippen LogP contribution is -2.28. The summed E-state index contributed by atoms with van der Waals surface area (Å²) in [5, 5.41) is 11.1. The Labute approximate surface area is 116 Å². The van der Waals surface area contributed by atoms with Crippen molar-refractivity contribution in [1.82, 2.24) is 5.32 Å². The molecule has 0 aromatic heterocycles. The number of carbonyl (C=O) groups excluding carboxylic acids is 1. The van der Waals surface area contributed by atoms with Gasteiger partial charge in [0.05, 0.1) is 6.61 Å². The molecule has 0 heterocycles. The molecule has 0 aliphatic carbocycles. The van der Waals surface area contributed by atoms with Gasteiger partial charge in [-0.1, -0.05) is 6.07 Å². The molecule has 1 rings (SSSR count). The van der Waals surface area contributed by atoms with Gasteiger partial charge in [-0.3, -0.25) is 4.79 Å². The van der Waals surface area contributed by atoms with Crippen LogP contribution in [0.5, 0.6) is 0 Å². The van der Waals surface area contributed by atoms with Gasteiger partial charge in [0.25, 0.3) is 5.91 Å². The number of carbonyl (C=O) groups is 2. The van der Waals surface area contributed by atoms with Crippen LogP contribution < -0.4 is 5.32 Å². The molecule has 0 saturated heterocycles. The van der Waals surface area contributed by atoms with Crippen molar-refractivity contribution in [3.63, 3.8) is 0 Å². The third-order valence-electron chi connectivity index (χ3n) is 2.45. The van der Waals surface area contributed by atoms with Crippen molar-refractivity contribution in [3.05, 3.63) is 29.3 Å². The minimum absolute atomic E-state index is 0.174. The number of rotatable bonds is 7. The number of hydrogen-bond acceptors (Lipinski definition) is 4. The van der Waals surface area contributed by atoms with Crippen molar-refractivity contribution in [2.45, 2.75) is 11.8 Å². The number of carboxylic acids is 1. The largest absolute Gasteiger partial charge is 0.480 e. The average Bonchev–Trinajstić information content (AvgIpc) is 2.38. The summed E-state index contributed by atoms with van der Waals surface area (Å²) in [5.74, 6) is -1.19. The van der Waals surface area contributed by atoms with Gasteiger partial charge in [-0.2, -0.15) is 0 Å². The Morgan fingerprint density at radius 3 is 2.79 bits per heavy atom. The van der Waals surface area contributed by atoms with E-state index in [-0.39, 0.29) is 25.7 Å². The zero-order chi connectivity index (χ0) is 14.3. The Morgan fingerprint density at radius 1 is 1.42 bits per heavy atom. The zero-order valence-corrected chi connectivity index (χ0v) is 11.8. The number of amides is 1. The van der Waals surface area contributed by atoms with Gasteiger partial charge < -0.3 is 15.2 Å². The first-order valence-electron chi connectivity index (χ1n) is 5.77. The van der Waals surface area contributed by atoms with Gasteiger partial charge in [0.2, 0.25) is 0 Å². The minimum Gasteiger partial charge on any atom is -0.480 e. The molecule has 0 atom stereocenters. The molecule has 0 radical (unpaired) electrons. The van der Waals surface area contributed by atoms with E-state index in [0.29, 0.717) is 5.56 Å².